The largest absolute Gasteiger partial charge is 0.352 e. The van der Waals surface area contributed by atoms with Gasteiger partial charge in [0.15, 0.2) is 0 Å². The Kier molecular flexibility index (Phi) is 6.98. The summed E-state index contributed by atoms with van der Waals surface area (Å²) in [6.45, 7) is 2.53. The molecule has 0 bridgehead atoms. The number of benzene rings is 2. The van der Waals surface area contributed by atoms with Crippen LogP contribution in [0.2, 0.25) is 0 Å². The Morgan fingerprint density at radius 3 is 2.64 bits per heavy atom. The van der Waals surface area contributed by atoms with E-state index in [1.165, 1.54) is 0 Å². The van der Waals surface area contributed by atoms with Crippen LogP contribution in [-0.2, 0) is 17.8 Å². The van der Waals surface area contributed by atoms with E-state index in [1.807, 2.05) is 54.6 Å². The fourth-order valence-corrected chi connectivity index (χ4v) is 3.20. The molecule has 3 aromatic rings. The monoisotopic (exact) mass is 376 g/mol. The number of aromatic nitrogens is 2. The highest BCUT2D eigenvalue weighted by atomic mass is 16.1. The number of hydrogen-bond donors (Lipinski definition) is 1. The van der Waals surface area contributed by atoms with Crippen molar-refractivity contribution in [3.05, 3.63) is 72.1 Å². The van der Waals surface area contributed by atoms with Gasteiger partial charge in [0.2, 0.25) is 5.91 Å². The Labute approximate surface area is 166 Å². The molecule has 0 aliphatic heterocycles. The zero-order chi connectivity index (χ0) is 19.8. The minimum atomic E-state index is -0.0841. The van der Waals surface area contributed by atoms with Gasteiger partial charge in [-0.15, -0.1) is 0 Å². The number of para-hydroxylation sites is 2. The first kappa shape index (κ1) is 19.8. The van der Waals surface area contributed by atoms with Crippen molar-refractivity contribution in [2.75, 3.05) is 27.2 Å². The van der Waals surface area contributed by atoms with Gasteiger partial charge in [-0.1, -0.05) is 42.5 Å². The lowest BCUT2D eigenvalue weighted by molar-refractivity contribution is -0.116. The maximum absolute atomic E-state index is 12.1. The van der Waals surface area contributed by atoms with E-state index in [-0.39, 0.29) is 5.91 Å². The molecule has 5 nitrogen and oxygen atoms in total. The van der Waals surface area contributed by atoms with Crippen LogP contribution in [0, 0.1) is 0 Å². The molecule has 146 valence electrons. The van der Waals surface area contributed by atoms with Crippen LogP contribution in [-0.4, -0.2) is 47.5 Å². The predicted octanol–water partition coefficient (Wildman–Crippen LogP) is 3.36. The fraction of sp³-hybridized carbons (Fsp3) is 0.304. The van der Waals surface area contributed by atoms with E-state index >= 15 is 0 Å². The lowest BCUT2D eigenvalue weighted by Crippen LogP contribution is -2.24. The van der Waals surface area contributed by atoms with Crippen LogP contribution in [0.1, 0.15) is 17.8 Å². The van der Waals surface area contributed by atoms with Crippen LogP contribution in [0.5, 0.6) is 0 Å². The van der Waals surface area contributed by atoms with E-state index in [2.05, 4.69) is 34.9 Å². The van der Waals surface area contributed by atoms with Gasteiger partial charge in [0.1, 0.15) is 5.82 Å². The molecule has 0 aliphatic carbocycles. The number of carbonyl (C=O) groups excluding carboxylic acids is 1. The van der Waals surface area contributed by atoms with Crippen LogP contribution < -0.4 is 5.32 Å². The lowest BCUT2D eigenvalue weighted by Gasteiger charge is -2.12. The molecule has 0 saturated heterocycles. The zero-order valence-electron chi connectivity index (χ0n) is 16.6. The van der Waals surface area contributed by atoms with Crippen molar-refractivity contribution in [3.8, 4) is 0 Å². The molecule has 0 radical (unpaired) electrons. The number of carbonyl (C=O) groups is 1. The second-order valence-electron chi connectivity index (χ2n) is 7.11. The number of rotatable bonds is 9. The number of hydrogen-bond acceptors (Lipinski definition) is 3. The molecule has 0 spiro atoms. The highest BCUT2D eigenvalue weighted by Crippen LogP contribution is 2.17. The zero-order valence-corrected chi connectivity index (χ0v) is 16.6. The van der Waals surface area contributed by atoms with Crippen molar-refractivity contribution in [2.24, 2.45) is 0 Å². The third-order valence-electron chi connectivity index (χ3n) is 4.60. The minimum absolute atomic E-state index is 0.0841. The van der Waals surface area contributed by atoms with Gasteiger partial charge in [0.25, 0.3) is 0 Å². The normalized spacial score (nSPS) is 11.5. The van der Waals surface area contributed by atoms with Crippen LogP contribution in [0.25, 0.3) is 17.1 Å². The number of fused-ring (bicyclic) bond motifs is 1. The van der Waals surface area contributed by atoms with Crippen molar-refractivity contribution in [2.45, 2.75) is 19.4 Å². The molecular weight excluding hydrogens is 348 g/mol. The van der Waals surface area contributed by atoms with Gasteiger partial charge in [-0.2, -0.15) is 0 Å². The van der Waals surface area contributed by atoms with Gasteiger partial charge in [-0.25, -0.2) is 4.98 Å². The first-order chi connectivity index (χ1) is 13.6. The molecule has 5 heteroatoms. The molecule has 0 atom stereocenters. The Morgan fingerprint density at radius 1 is 1.11 bits per heavy atom. The van der Waals surface area contributed by atoms with E-state index in [9.17, 15) is 4.79 Å². The maximum Gasteiger partial charge on any atom is 0.244 e. The minimum Gasteiger partial charge on any atom is -0.352 e. The number of imidazole rings is 1. The van der Waals surface area contributed by atoms with E-state index in [4.69, 9.17) is 4.98 Å². The summed E-state index contributed by atoms with van der Waals surface area (Å²) >= 11 is 0. The standard InChI is InChI=1S/C23H28N4O/c1-26(2)17-8-18-27-21-12-7-6-11-20(21)25-22(27)15-16-24-23(28)14-13-19-9-4-3-5-10-19/h3-7,9-14H,8,15-18H2,1-2H3,(H,24,28)/b14-13+. The molecule has 0 saturated carbocycles. The molecule has 2 aromatic carbocycles. The van der Waals surface area contributed by atoms with Crippen LogP contribution in [0.4, 0.5) is 0 Å². The molecule has 0 unspecified atom stereocenters. The lowest BCUT2D eigenvalue weighted by atomic mass is 10.2. The summed E-state index contributed by atoms with van der Waals surface area (Å²) in [6.07, 6.45) is 5.18. The second kappa shape index (κ2) is 9.85. The Morgan fingerprint density at radius 2 is 1.86 bits per heavy atom. The number of nitrogens with zero attached hydrogens (tertiary/aromatic N) is 3. The summed E-state index contributed by atoms with van der Waals surface area (Å²) in [6, 6.07) is 18.0. The Balaban J connectivity index is 1.60. The van der Waals surface area contributed by atoms with Crippen molar-refractivity contribution < 1.29 is 4.79 Å². The van der Waals surface area contributed by atoms with E-state index in [0.29, 0.717) is 13.0 Å². The topological polar surface area (TPSA) is 50.2 Å². The molecule has 1 heterocycles. The molecule has 0 fully saturated rings. The maximum atomic E-state index is 12.1. The number of nitrogens with one attached hydrogen (secondary N) is 1. The molecule has 1 amide bonds. The first-order valence-electron chi connectivity index (χ1n) is 9.73. The smallest absolute Gasteiger partial charge is 0.244 e. The highest BCUT2D eigenvalue weighted by molar-refractivity contribution is 5.91. The first-order valence-corrected chi connectivity index (χ1v) is 9.73. The van der Waals surface area contributed by atoms with Gasteiger partial charge in [0.05, 0.1) is 11.0 Å². The SMILES string of the molecule is CN(C)CCCn1c(CCNC(=O)/C=C/c2ccccc2)nc2ccccc21. The van der Waals surface area contributed by atoms with E-state index in [0.717, 1.165) is 41.9 Å². The molecule has 28 heavy (non-hydrogen) atoms. The van der Waals surface area contributed by atoms with Crippen LogP contribution >= 0.6 is 0 Å². The van der Waals surface area contributed by atoms with Crippen molar-refractivity contribution >= 4 is 23.0 Å². The third-order valence-corrected chi connectivity index (χ3v) is 4.60. The summed E-state index contributed by atoms with van der Waals surface area (Å²) in [7, 11) is 4.18. The summed E-state index contributed by atoms with van der Waals surface area (Å²) in [4.78, 5) is 19.1. The molecule has 3 rings (SSSR count). The van der Waals surface area contributed by atoms with Gasteiger partial charge in [-0.3, -0.25) is 4.79 Å². The van der Waals surface area contributed by atoms with Crippen LogP contribution in [0.15, 0.2) is 60.7 Å². The Hall–Kier alpha value is -2.92. The molecule has 1 N–H and O–H groups in total. The van der Waals surface area contributed by atoms with Crippen LogP contribution in [0.3, 0.4) is 0 Å². The van der Waals surface area contributed by atoms with Gasteiger partial charge >= 0.3 is 0 Å². The van der Waals surface area contributed by atoms with Gasteiger partial charge in [-0.05, 0) is 50.8 Å². The molecule has 1 aromatic heterocycles. The highest BCUT2D eigenvalue weighted by Gasteiger charge is 2.10. The van der Waals surface area contributed by atoms with E-state index in [1.54, 1.807) is 6.08 Å². The average molecular weight is 377 g/mol. The van der Waals surface area contributed by atoms with Gasteiger partial charge in [0, 0.05) is 25.6 Å². The molecule has 0 aliphatic rings. The van der Waals surface area contributed by atoms with E-state index < -0.39 is 0 Å². The summed E-state index contributed by atoms with van der Waals surface area (Å²) in [5.74, 6) is 0.936. The predicted molar refractivity (Wildman–Crippen MR) is 115 cm³/mol. The molecular formula is C23H28N4O. The fourth-order valence-electron chi connectivity index (χ4n) is 3.20. The van der Waals surface area contributed by atoms with Crippen molar-refractivity contribution in [3.63, 3.8) is 0 Å². The quantitative estimate of drug-likeness (QED) is 0.583. The van der Waals surface area contributed by atoms with Crippen molar-refractivity contribution in [1.82, 2.24) is 19.8 Å². The summed E-state index contributed by atoms with van der Waals surface area (Å²) < 4.78 is 2.28. The Bertz CT molecular complexity index is 928. The number of amides is 1. The van der Waals surface area contributed by atoms with Crippen molar-refractivity contribution in [1.29, 1.82) is 0 Å². The number of aryl methyl sites for hydroxylation is 1. The summed E-state index contributed by atoms with van der Waals surface area (Å²) in [5.41, 5.74) is 3.18. The average Bonchev–Trinajstić information content (AvgIpc) is 3.04. The third kappa shape index (κ3) is 5.54. The second-order valence-corrected chi connectivity index (χ2v) is 7.11. The van der Waals surface area contributed by atoms with Gasteiger partial charge < -0.3 is 14.8 Å². The summed E-state index contributed by atoms with van der Waals surface area (Å²) in [5, 5.41) is 2.96.